The fourth-order valence-electron chi connectivity index (χ4n) is 5.57. The third kappa shape index (κ3) is 5.89. The molecule has 1 fully saturated rings. The SMILES string of the molecule is CCCCCC1CCC(c2cc(F)c(C3=Cc4cc(F)c(OC(F)(F)F)c(F)c4CC3)c(F)c2)CC1. The minimum absolute atomic E-state index is 0.0168. The van der Waals surface area contributed by atoms with Crippen LogP contribution in [-0.4, -0.2) is 6.36 Å². The highest BCUT2D eigenvalue weighted by Crippen LogP contribution is 2.42. The van der Waals surface area contributed by atoms with Crippen LogP contribution in [0, 0.1) is 29.2 Å². The van der Waals surface area contributed by atoms with Gasteiger partial charge in [-0.1, -0.05) is 38.7 Å². The highest BCUT2D eigenvalue weighted by Gasteiger charge is 2.36. The lowest BCUT2D eigenvalue weighted by molar-refractivity contribution is -0.276. The minimum atomic E-state index is -5.26. The number of unbranched alkanes of at least 4 members (excludes halogenated alkanes) is 2. The maximum Gasteiger partial charge on any atom is 0.573 e. The number of ether oxygens (including phenoxy) is 1. The van der Waals surface area contributed by atoms with Crippen LogP contribution in [0.4, 0.5) is 30.7 Å². The first-order chi connectivity index (χ1) is 17.1. The quantitative estimate of drug-likeness (QED) is 0.264. The summed E-state index contributed by atoms with van der Waals surface area (Å²) in [6.45, 7) is 2.17. The molecule has 1 nitrogen and oxygen atoms in total. The summed E-state index contributed by atoms with van der Waals surface area (Å²) in [6, 6.07) is 3.39. The number of fused-ring (bicyclic) bond motifs is 1. The van der Waals surface area contributed by atoms with Crippen LogP contribution in [0.15, 0.2) is 18.2 Å². The summed E-state index contributed by atoms with van der Waals surface area (Å²) in [5.74, 6) is -5.27. The lowest BCUT2D eigenvalue weighted by atomic mass is 9.76. The van der Waals surface area contributed by atoms with E-state index in [0.29, 0.717) is 17.5 Å². The van der Waals surface area contributed by atoms with E-state index < -0.39 is 35.4 Å². The molecule has 0 spiro atoms. The van der Waals surface area contributed by atoms with Crippen LogP contribution >= 0.6 is 0 Å². The lowest BCUT2D eigenvalue weighted by Crippen LogP contribution is -2.20. The van der Waals surface area contributed by atoms with Crippen LogP contribution in [-0.2, 0) is 6.42 Å². The van der Waals surface area contributed by atoms with Gasteiger partial charge in [-0.3, -0.25) is 0 Å². The number of rotatable bonds is 7. The summed E-state index contributed by atoms with van der Waals surface area (Å²) in [5.41, 5.74) is 0.294. The zero-order valence-corrected chi connectivity index (χ0v) is 20.1. The van der Waals surface area contributed by atoms with E-state index in [1.165, 1.54) is 43.9 Å². The molecule has 0 unspecified atom stereocenters. The maximum absolute atomic E-state index is 15.1. The molecule has 0 radical (unpaired) electrons. The number of alkyl halides is 3. The second kappa shape index (κ2) is 10.9. The molecule has 36 heavy (non-hydrogen) atoms. The highest BCUT2D eigenvalue weighted by molar-refractivity contribution is 5.85. The zero-order chi connectivity index (χ0) is 26.0. The predicted octanol–water partition coefficient (Wildman–Crippen LogP) is 9.48. The van der Waals surface area contributed by atoms with E-state index in [9.17, 15) is 22.0 Å². The van der Waals surface area contributed by atoms with Crippen LogP contribution in [0.25, 0.3) is 11.6 Å². The van der Waals surface area contributed by atoms with Gasteiger partial charge in [-0.05, 0) is 90.8 Å². The molecule has 1 saturated carbocycles. The van der Waals surface area contributed by atoms with Gasteiger partial charge in [0.2, 0.25) is 5.75 Å². The Balaban J connectivity index is 1.54. The largest absolute Gasteiger partial charge is 0.573 e. The Morgan fingerprint density at radius 3 is 2.14 bits per heavy atom. The van der Waals surface area contributed by atoms with E-state index in [1.54, 1.807) is 0 Å². The number of allylic oxidation sites excluding steroid dienone is 1. The van der Waals surface area contributed by atoms with E-state index in [1.807, 2.05) is 0 Å². The summed E-state index contributed by atoms with van der Waals surface area (Å²) in [4.78, 5) is 0. The predicted molar refractivity (Wildman–Crippen MR) is 124 cm³/mol. The topological polar surface area (TPSA) is 9.23 Å². The normalized spacial score (nSPS) is 20.2. The van der Waals surface area contributed by atoms with E-state index in [-0.39, 0.29) is 41.0 Å². The molecule has 0 atom stereocenters. The van der Waals surface area contributed by atoms with Crippen molar-refractivity contribution in [1.29, 1.82) is 0 Å². The summed E-state index contributed by atoms with van der Waals surface area (Å²) < 4.78 is 100. The third-order valence-corrected chi connectivity index (χ3v) is 7.42. The molecule has 4 rings (SSSR count). The zero-order valence-electron chi connectivity index (χ0n) is 20.1. The van der Waals surface area contributed by atoms with Crippen LogP contribution in [0.5, 0.6) is 5.75 Å². The fraction of sp³-hybridized carbons (Fsp3) is 0.500. The number of halogens is 7. The molecule has 0 N–H and O–H groups in total. The minimum Gasteiger partial charge on any atom is -0.399 e. The van der Waals surface area contributed by atoms with Crippen LogP contribution < -0.4 is 4.74 Å². The van der Waals surface area contributed by atoms with Gasteiger partial charge >= 0.3 is 6.36 Å². The van der Waals surface area contributed by atoms with Gasteiger partial charge in [0.1, 0.15) is 11.6 Å². The summed E-state index contributed by atoms with van der Waals surface area (Å²) in [7, 11) is 0. The average Bonchev–Trinajstić information content (AvgIpc) is 2.81. The Morgan fingerprint density at radius 1 is 0.861 bits per heavy atom. The van der Waals surface area contributed by atoms with Gasteiger partial charge in [0.15, 0.2) is 11.6 Å². The van der Waals surface area contributed by atoms with E-state index >= 15 is 8.78 Å². The van der Waals surface area contributed by atoms with E-state index in [4.69, 9.17) is 0 Å². The van der Waals surface area contributed by atoms with Gasteiger partial charge in [-0.2, -0.15) is 0 Å². The number of hydrogen-bond donors (Lipinski definition) is 0. The van der Waals surface area contributed by atoms with Gasteiger partial charge in [0.05, 0.1) is 0 Å². The molecule has 0 aliphatic heterocycles. The van der Waals surface area contributed by atoms with Crippen LogP contribution in [0.3, 0.4) is 0 Å². The molecular weight excluding hydrogens is 485 g/mol. The highest BCUT2D eigenvalue weighted by atomic mass is 19.4. The maximum atomic E-state index is 15.1. The fourth-order valence-corrected chi connectivity index (χ4v) is 5.57. The van der Waals surface area contributed by atoms with Gasteiger partial charge in [0, 0.05) is 5.56 Å². The summed E-state index contributed by atoms with van der Waals surface area (Å²) in [6.07, 6.45) is 4.46. The molecule has 196 valence electrons. The van der Waals surface area contributed by atoms with E-state index in [0.717, 1.165) is 25.7 Å². The van der Waals surface area contributed by atoms with Crippen molar-refractivity contribution in [2.75, 3.05) is 0 Å². The number of benzene rings is 2. The van der Waals surface area contributed by atoms with Gasteiger partial charge in [-0.25, -0.2) is 17.6 Å². The molecule has 0 aromatic heterocycles. The second-order valence-corrected chi connectivity index (χ2v) is 9.86. The Hall–Kier alpha value is -2.51. The molecule has 0 heterocycles. The molecule has 2 aromatic carbocycles. The molecule has 2 aliphatic carbocycles. The van der Waals surface area contributed by atoms with E-state index in [2.05, 4.69) is 11.7 Å². The molecule has 0 bridgehead atoms. The average molecular weight is 515 g/mol. The van der Waals surface area contributed by atoms with Crippen molar-refractivity contribution in [3.05, 3.63) is 63.7 Å². The van der Waals surface area contributed by atoms with Crippen molar-refractivity contribution >= 4 is 11.6 Å². The van der Waals surface area contributed by atoms with Crippen molar-refractivity contribution in [2.45, 2.75) is 83.4 Å². The van der Waals surface area contributed by atoms with Crippen LogP contribution in [0.1, 0.15) is 92.9 Å². The molecule has 8 heteroatoms. The van der Waals surface area contributed by atoms with Crippen LogP contribution in [0.2, 0.25) is 0 Å². The standard InChI is InChI=1S/C28H29F7O/c1-2-3-4-5-16-6-8-17(9-7-16)19-13-22(29)25(23(30)14-19)18-10-11-21-20(12-18)15-24(31)27(26(21)32)36-28(33,34)35/h12-17H,2-11H2,1H3. The van der Waals surface area contributed by atoms with Crippen molar-refractivity contribution < 1.29 is 35.5 Å². The molecule has 0 saturated heterocycles. The van der Waals surface area contributed by atoms with Crippen molar-refractivity contribution in [3.63, 3.8) is 0 Å². The molecular formula is C28H29F7O. The Kier molecular flexibility index (Phi) is 8.00. The summed E-state index contributed by atoms with van der Waals surface area (Å²) in [5, 5.41) is 0. The Morgan fingerprint density at radius 2 is 1.53 bits per heavy atom. The number of hydrogen-bond acceptors (Lipinski definition) is 1. The summed E-state index contributed by atoms with van der Waals surface area (Å²) >= 11 is 0. The first-order valence-corrected chi connectivity index (χ1v) is 12.5. The van der Waals surface area contributed by atoms with Gasteiger partial charge in [-0.15, -0.1) is 13.2 Å². The van der Waals surface area contributed by atoms with Crippen molar-refractivity contribution in [3.8, 4) is 5.75 Å². The molecule has 0 amide bonds. The monoisotopic (exact) mass is 514 g/mol. The Labute approximate surface area is 206 Å². The van der Waals surface area contributed by atoms with Crippen molar-refractivity contribution in [2.24, 2.45) is 5.92 Å². The molecule has 2 aromatic rings. The second-order valence-electron chi connectivity index (χ2n) is 9.86. The lowest BCUT2D eigenvalue weighted by Gasteiger charge is -2.29. The molecule has 2 aliphatic rings. The smallest absolute Gasteiger partial charge is 0.399 e. The first-order valence-electron chi connectivity index (χ1n) is 12.5. The van der Waals surface area contributed by atoms with Crippen molar-refractivity contribution in [1.82, 2.24) is 0 Å². The Bertz CT molecular complexity index is 1100. The van der Waals surface area contributed by atoms with Gasteiger partial charge < -0.3 is 4.74 Å². The first kappa shape index (κ1) is 26.6. The van der Waals surface area contributed by atoms with Gasteiger partial charge in [0.25, 0.3) is 0 Å². The third-order valence-electron chi connectivity index (χ3n) is 7.42.